The normalized spacial score (nSPS) is 11.0. The number of hydrogen-bond acceptors (Lipinski definition) is 6. The van der Waals surface area contributed by atoms with E-state index in [0.717, 1.165) is 0 Å². The number of para-hydroxylation sites is 1. The van der Waals surface area contributed by atoms with E-state index in [4.69, 9.17) is 26.3 Å². The van der Waals surface area contributed by atoms with Crippen LogP contribution in [0.1, 0.15) is 22.8 Å². The average Bonchev–Trinajstić information content (AvgIpc) is 2.72. The molecule has 8 nitrogen and oxygen atoms in total. The van der Waals surface area contributed by atoms with Gasteiger partial charge in [-0.15, -0.1) is 0 Å². The van der Waals surface area contributed by atoms with Crippen molar-refractivity contribution < 1.29 is 23.9 Å². The van der Waals surface area contributed by atoms with Crippen LogP contribution in [0, 0.1) is 11.3 Å². The zero-order valence-corrected chi connectivity index (χ0v) is 16.4. The summed E-state index contributed by atoms with van der Waals surface area (Å²) in [4.78, 5) is 36.2. The summed E-state index contributed by atoms with van der Waals surface area (Å²) in [7, 11) is 1.43. The van der Waals surface area contributed by atoms with Crippen molar-refractivity contribution >= 4 is 35.1 Å². The molecule has 2 aromatic rings. The standard InChI is InChI=1S/C20H18ClN3O5/c1-12(19(26)24-14-8-7-13(10-22)16(21)9-14)29-18(25)11-23-20(27)15-5-3-4-6-17(15)28-2/h3-9,12H,11H2,1-2H3,(H,23,27)(H,24,26)/t12-/m1/s1. The molecular formula is C20H18ClN3O5. The molecule has 2 aromatic carbocycles. The molecule has 0 unspecified atom stereocenters. The van der Waals surface area contributed by atoms with Crippen molar-refractivity contribution in [2.45, 2.75) is 13.0 Å². The second-order valence-corrected chi connectivity index (χ2v) is 6.22. The molecule has 0 heterocycles. The third-order valence-electron chi connectivity index (χ3n) is 3.78. The third-order valence-corrected chi connectivity index (χ3v) is 4.09. The van der Waals surface area contributed by atoms with Crippen LogP contribution in [0.4, 0.5) is 5.69 Å². The number of amides is 2. The number of nitriles is 1. The van der Waals surface area contributed by atoms with E-state index in [1.807, 2.05) is 6.07 Å². The molecule has 0 aliphatic rings. The molecule has 0 bridgehead atoms. The Hall–Kier alpha value is -3.57. The van der Waals surface area contributed by atoms with E-state index in [1.165, 1.54) is 32.2 Å². The Morgan fingerprint density at radius 1 is 1.21 bits per heavy atom. The first kappa shape index (κ1) is 21.7. The fraction of sp³-hybridized carbons (Fsp3) is 0.200. The number of rotatable bonds is 7. The highest BCUT2D eigenvalue weighted by molar-refractivity contribution is 6.32. The Labute approximate surface area is 172 Å². The van der Waals surface area contributed by atoms with E-state index in [-0.39, 0.29) is 16.1 Å². The summed E-state index contributed by atoms with van der Waals surface area (Å²) < 4.78 is 10.1. The predicted molar refractivity (Wildman–Crippen MR) is 106 cm³/mol. The number of nitrogens with one attached hydrogen (secondary N) is 2. The lowest BCUT2D eigenvalue weighted by Gasteiger charge is -2.14. The van der Waals surface area contributed by atoms with E-state index in [0.29, 0.717) is 11.4 Å². The molecule has 0 fully saturated rings. The second-order valence-electron chi connectivity index (χ2n) is 5.81. The summed E-state index contributed by atoms with van der Waals surface area (Å²) in [6.45, 7) is 0.970. The van der Waals surface area contributed by atoms with Crippen molar-refractivity contribution in [1.82, 2.24) is 5.32 Å². The van der Waals surface area contributed by atoms with Gasteiger partial charge in [-0.3, -0.25) is 14.4 Å². The maximum absolute atomic E-state index is 12.2. The molecule has 2 amide bonds. The van der Waals surface area contributed by atoms with Crippen molar-refractivity contribution in [2.75, 3.05) is 19.0 Å². The number of hydrogen-bond donors (Lipinski definition) is 2. The Morgan fingerprint density at radius 3 is 2.59 bits per heavy atom. The zero-order valence-electron chi connectivity index (χ0n) is 15.7. The van der Waals surface area contributed by atoms with Crippen LogP contribution in [0.25, 0.3) is 0 Å². The van der Waals surface area contributed by atoms with Crippen LogP contribution in [0.2, 0.25) is 5.02 Å². The van der Waals surface area contributed by atoms with Crippen LogP contribution in [0.5, 0.6) is 5.75 Å². The lowest BCUT2D eigenvalue weighted by Crippen LogP contribution is -2.36. The van der Waals surface area contributed by atoms with Crippen molar-refractivity contribution in [3.63, 3.8) is 0 Å². The Kier molecular flexibility index (Phi) is 7.57. The van der Waals surface area contributed by atoms with Crippen molar-refractivity contribution in [3.05, 3.63) is 58.6 Å². The average molecular weight is 416 g/mol. The van der Waals surface area contributed by atoms with Crippen LogP contribution in [-0.2, 0) is 14.3 Å². The summed E-state index contributed by atoms with van der Waals surface area (Å²) in [5, 5.41) is 14.0. The number of carbonyl (C=O) groups is 3. The molecule has 0 saturated carbocycles. The molecule has 1 atom stereocenters. The van der Waals surface area contributed by atoms with Gasteiger partial charge in [0.05, 0.1) is 23.3 Å². The van der Waals surface area contributed by atoms with Gasteiger partial charge in [-0.05, 0) is 37.3 Å². The molecule has 29 heavy (non-hydrogen) atoms. The smallest absolute Gasteiger partial charge is 0.326 e. The minimum atomic E-state index is -1.11. The van der Waals surface area contributed by atoms with Crippen LogP contribution in [0.15, 0.2) is 42.5 Å². The van der Waals surface area contributed by atoms with Gasteiger partial charge in [-0.25, -0.2) is 0 Å². The van der Waals surface area contributed by atoms with Crippen molar-refractivity contribution in [2.24, 2.45) is 0 Å². The number of halogens is 1. The number of methoxy groups -OCH3 is 1. The molecule has 0 aliphatic heterocycles. The maximum Gasteiger partial charge on any atom is 0.326 e. The van der Waals surface area contributed by atoms with E-state index >= 15 is 0 Å². The lowest BCUT2D eigenvalue weighted by molar-refractivity contribution is -0.152. The third kappa shape index (κ3) is 5.96. The molecule has 150 valence electrons. The maximum atomic E-state index is 12.2. The SMILES string of the molecule is COc1ccccc1C(=O)NCC(=O)O[C@H](C)C(=O)Nc1ccc(C#N)c(Cl)c1. The van der Waals surface area contributed by atoms with Gasteiger partial charge >= 0.3 is 5.97 Å². The van der Waals surface area contributed by atoms with Crippen LogP contribution in [0.3, 0.4) is 0 Å². The number of carbonyl (C=O) groups excluding carboxylic acids is 3. The minimum absolute atomic E-state index is 0.189. The van der Waals surface area contributed by atoms with Crippen LogP contribution < -0.4 is 15.4 Å². The molecule has 9 heteroatoms. The largest absolute Gasteiger partial charge is 0.496 e. The first-order valence-electron chi connectivity index (χ1n) is 8.47. The molecule has 0 saturated heterocycles. The molecule has 0 aromatic heterocycles. The van der Waals surface area contributed by atoms with Gasteiger partial charge in [-0.1, -0.05) is 23.7 Å². The zero-order chi connectivity index (χ0) is 21.4. The van der Waals surface area contributed by atoms with E-state index < -0.39 is 30.4 Å². The van der Waals surface area contributed by atoms with Crippen molar-refractivity contribution in [3.8, 4) is 11.8 Å². The van der Waals surface area contributed by atoms with Gasteiger partial charge in [-0.2, -0.15) is 5.26 Å². The van der Waals surface area contributed by atoms with Gasteiger partial charge in [0.15, 0.2) is 6.10 Å². The van der Waals surface area contributed by atoms with E-state index in [9.17, 15) is 14.4 Å². The molecule has 0 radical (unpaired) electrons. The minimum Gasteiger partial charge on any atom is -0.496 e. The second kappa shape index (κ2) is 10.1. The molecule has 0 spiro atoms. The fourth-order valence-corrected chi connectivity index (χ4v) is 2.52. The quantitative estimate of drug-likeness (QED) is 0.671. The predicted octanol–water partition coefficient (Wildman–Crippen LogP) is 2.52. The summed E-state index contributed by atoms with van der Waals surface area (Å²) >= 11 is 5.91. The van der Waals surface area contributed by atoms with Crippen molar-refractivity contribution in [1.29, 1.82) is 5.26 Å². The Balaban J connectivity index is 1.86. The van der Waals surface area contributed by atoms with Gasteiger partial charge in [0.1, 0.15) is 18.4 Å². The summed E-state index contributed by atoms with van der Waals surface area (Å²) in [6, 6.07) is 12.8. The van der Waals surface area contributed by atoms with Gasteiger partial charge < -0.3 is 20.1 Å². The number of anilines is 1. The van der Waals surface area contributed by atoms with Gasteiger partial charge in [0.25, 0.3) is 11.8 Å². The van der Waals surface area contributed by atoms with Crippen LogP contribution in [-0.4, -0.2) is 37.5 Å². The number of benzene rings is 2. The Bertz CT molecular complexity index is 971. The highest BCUT2D eigenvalue weighted by Gasteiger charge is 2.19. The van der Waals surface area contributed by atoms with Gasteiger partial charge in [0.2, 0.25) is 0 Å². The molecular weight excluding hydrogens is 398 g/mol. The lowest BCUT2D eigenvalue weighted by atomic mass is 10.2. The van der Waals surface area contributed by atoms with E-state index in [2.05, 4.69) is 10.6 Å². The topological polar surface area (TPSA) is 118 Å². The summed E-state index contributed by atoms with van der Waals surface area (Å²) in [5.41, 5.74) is 0.896. The van der Waals surface area contributed by atoms with E-state index in [1.54, 1.807) is 24.3 Å². The molecule has 0 aliphatic carbocycles. The molecule has 2 rings (SSSR count). The highest BCUT2D eigenvalue weighted by atomic mass is 35.5. The Morgan fingerprint density at radius 2 is 1.93 bits per heavy atom. The first-order valence-corrected chi connectivity index (χ1v) is 8.84. The van der Waals surface area contributed by atoms with Gasteiger partial charge in [0, 0.05) is 5.69 Å². The monoisotopic (exact) mass is 415 g/mol. The summed E-state index contributed by atoms with van der Waals surface area (Å²) in [6.07, 6.45) is -1.11. The fourth-order valence-electron chi connectivity index (χ4n) is 2.30. The first-order chi connectivity index (χ1) is 13.8. The number of esters is 1. The number of nitrogens with zero attached hydrogens (tertiary/aromatic N) is 1. The number of ether oxygens (including phenoxy) is 2. The van der Waals surface area contributed by atoms with Crippen LogP contribution >= 0.6 is 11.6 Å². The molecule has 2 N–H and O–H groups in total. The highest BCUT2D eigenvalue weighted by Crippen LogP contribution is 2.20. The summed E-state index contributed by atoms with van der Waals surface area (Å²) in [5.74, 6) is -1.51.